The second-order valence-electron chi connectivity index (χ2n) is 7.55. The van der Waals surface area contributed by atoms with Gasteiger partial charge in [0.15, 0.2) is 9.84 Å². The van der Waals surface area contributed by atoms with Crippen LogP contribution in [0.2, 0.25) is 0 Å². The normalized spacial score (nSPS) is 12.0. The fourth-order valence-corrected chi connectivity index (χ4v) is 5.11. The van der Waals surface area contributed by atoms with Crippen LogP contribution in [0.25, 0.3) is 0 Å². The van der Waals surface area contributed by atoms with Crippen LogP contribution in [0, 0.1) is 0 Å². The fourth-order valence-electron chi connectivity index (χ4n) is 3.49. The largest absolute Gasteiger partial charge is 0.481 e. The van der Waals surface area contributed by atoms with E-state index in [9.17, 15) is 23.1 Å². The summed E-state index contributed by atoms with van der Waals surface area (Å²) in [5.41, 5.74) is 4.12. The molecule has 0 bridgehead atoms. The highest BCUT2D eigenvalue weighted by molar-refractivity contribution is 7.91. The Morgan fingerprint density at radius 2 is 1.71 bits per heavy atom. The number of carboxylic acids is 1. The molecule has 0 saturated carbocycles. The van der Waals surface area contributed by atoms with E-state index in [0.29, 0.717) is 35.7 Å². The molecule has 178 valence electrons. The van der Waals surface area contributed by atoms with Crippen molar-refractivity contribution in [1.82, 2.24) is 5.43 Å². The number of hydrogen-bond acceptors (Lipinski definition) is 6. The van der Waals surface area contributed by atoms with E-state index >= 15 is 0 Å². The van der Waals surface area contributed by atoms with Gasteiger partial charge in [0, 0.05) is 18.5 Å². The maximum Gasteiger partial charge on any atom is 0.303 e. The number of carboxylic acid groups (broad SMARTS) is 1. The molecule has 0 aliphatic heterocycles. The van der Waals surface area contributed by atoms with E-state index in [2.05, 4.69) is 5.43 Å². The van der Waals surface area contributed by atoms with Gasteiger partial charge in [-0.2, -0.15) is 0 Å². The molecule has 9 heteroatoms. The highest BCUT2D eigenvalue weighted by Crippen LogP contribution is 2.29. The van der Waals surface area contributed by atoms with E-state index in [-0.39, 0.29) is 17.1 Å². The van der Waals surface area contributed by atoms with Gasteiger partial charge in [-0.05, 0) is 35.9 Å². The van der Waals surface area contributed by atoms with Gasteiger partial charge in [0.25, 0.3) is 0 Å². The quantitative estimate of drug-likeness (QED) is 0.296. The number of hydrogen-bond donors (Lipinski definition) is 2. The predicted molar refractivity (Wildman–Crippen MR) is 129 cm³/mol. The zero-order valence-corrected chi connectivity index (χ0v) is 19.4. The first-order chi connectivity index (χ1) is 16.3. The lowest BCUT2D eigenvalue weighted by Gasteiger charge is -2.18. The van der Waals surface area contributed by atoms with Crippen LogP contribution in [0.3, 0.4) is 0 Å². The third-order valence-electron chi connectivity index (χ3n) is 5.04. The summed E-state index contributed by atoms with van der Waals surface area (Å²) in [6.07, 6.45) is 0.349. The number of nitrogens with zero attached hydrogens (tertiary/aromatic N) is 1. The molecule has 0 radical (unpaired) electrons. The molecule has 0 heterocycles. The third-order valence-corrected chi connectivity index (χ3v) is 6.86. The number of sulfone groups is 1. The maximum absolute atomic E-state index is 13.2. The van der Waals surface area contributed by atoms with Crippen molar-refractivity contribution >= 4 is 27.9 Å². The first kappa shape index (κ1) is 24.9. The van der Waals surface area contributed by atoms with Crippen molar-refractivity contribution in [3.05, 3.63) is 84.4 Å². The summed E-state index contributed by atoms with van der Waals surface area (Å²) >= 11 is 0. The zero-order chi connectivity index (χ0) is 24.6. The molecule has 3 aromatic carbocycles. The molecular formula is C25H26N2O6S. The molecule has 0 fully saturated rings. The van der Waals surface area contributed by atoms with Gasteiger partial charge in [-0.25, -0.2) is 18.9 Å². The minimum absolute atomic E-state index is 0.0367. The molecule has 1 amide bonds. The Kier molecular flexibility index (Phi) is 8.39. The Morgan fingerprint density at radius 3 is 2.35 bits per heavy atom. The Labute approximate surface area is 198 Å². The molecule has 0 spiro atoms. The van der Waals surface area contributed by atoms with Crippen LogP contribution in [0.4, 0.5) is 5.69 Å². The Bertz CT molecular complexity index is 1230. The van der Waals surface area contributed by atoms with Crippen LogP contribution in [0.1, 0.15) is 24.8 Å². The second kappa shape index (κ2) is 11.4. The predicted octanol–water partition coefficient (Wildman–Crippen LogP) is 4.00. The van der Waals surface area contributed by atoms with Gasteiger partial charge < -0.3 is 9.84 Å². The molecule has 3 rings (SSSR count). The van der Waals surface area contributed by atoms with Crippen LogP contribution in [0.5, 0.6) is 11.5 Å². The molecule has 34 heavy (non-hydrogen) atoms. The third kappa shape index (κ3) is 6.66. The zero-order valence-electron chi connectivity index (χ0n) is 18.6. The lowest BCUT2D eigenvalue weighted by Crippen LogP contribution is -2.36. The molecule has 0 aliphatic rings. The van der Waals surface area contributed by atoms with Crippen molar-refractivity contribution in [2.75, 3.05) is 17.3 Å². The number of amides is 1. The Balaban J connectivity index is 1.83. The van der Waals surface area contributed by atoms with Crippen LogP contribution < -0.4 is 15.2 Å². The maximum atomic E-state index is 13.2. The monoisotopic (exact) mass is 482 g/mol. The summed E-state index contributed by atoms with van der Waals surface area (Å²) in [7, 11) is -3.81. The molecule has 3 aromatic rings. The molecular weight excluding hydrogens is 456 g/mol. The van der Waals surface area contributed by atoms with Crippen LogP contribution in [0.15, 0.2) is 83.8 Å². The summed E-state index contributed by atoms with van der Waals surface area (Å²) < 4.78 is 32.2. The minimum atomic E-state index is -3.81. The van der Waals surface area contributed by atoms with E-state index < -0.39 is 21.7 Å². The summed E-state index contributed by atoms with van der Waals surface area (Å²) in [5.74, 6) is -1.38. The van der Waals surface area contributed by atoms with E-state index in [1.54, 1.807) is 66.7 Å². The first-order valence-electron chi connectivity index (χ1n) is 10.7. The molecule has 2 N–H and O–H groups in total. The van der Waals surface area contributed by atoms with Crippen molar-refractivity contribution in [3.63, 3.8) is 0 Å². The number of benzene rings is 3. The second-order valence-corrected chi connectivity index (χ2v) is 9.58. The van der Waals surface area contributed by atoms with E-state index in [1.807, 2.05) is 6.92 Å². The van der Waals surface area contributed by atoms with Crippen molar-refractivity contribution in [1.29, 1.82) is 0 Å². The number of carbonyl (C=O) groups is 2. The van der Waals surface area contributed by atoms with Gasteiger partial charge in [-0.3, -0.25) is 9.59 Å². The lowest BCUT2D eigenvalue weighted by molar-refractivity contribution is -0.137. The molecule has 1 atom stereocenters. The number of aliphatic carboxylic acids is 1. The lowest BCUT2D eigenvalue weighted by atomic mass is 9.98. The van der Waals surface area contributed by atoms with Gasteiger partial charge >= 0.3 is 5.97 Å². The number of hydrazine groups is 1. The summed E-state index contributed by atoms with van der Waals surface area (Å²) in [4.78, 5) is 22.7. The average molecular weight is 483 g/mol. The number of nitrogens with one attached hydrogen (secondary N) is 1. The molecule has 1 unspecified atom stereocenters. The SMILES string of the molecule is CCNN(C=O)c1cccc(Oc2cccc(S(=O)(=O)CC(CC(=O)O)c3ccccc3)c2)c1. The van der Waals surface area contributed by atoms with Gasteiger partial charge in [0.2, 0.25) is 6.41 Å². The fraction of sp³-hybridized carbons (Fsp3) is 0.200. The minimum Gasteiger partial charge on any atom is -0.481 e. The number of ether oxygens (including phenoxy) is 1. The van der Waals surface area contributed by atoms with Crippen LogP contribution in [-0.2, 0) is 19.4 Å². The number of anilines is 1. The van der Waals surface area contributed by atoms with E-state index in [0.717, 1.165) is 0 Å². The average Bonchev–Trinajstić information content (AvgIpc) is 2.82. The summed E-state index contributed by atoms with van der Waals surface area (Å²) in [6, 6.07) is 21.6. The molecule has 0 saturated heterocycles. The van der Waals surface area contributed by atoms with E-state index in [1.165, 1.54) is 17.1 Å². The summed E-state index contributed by atoms with van der Waals surface area (Å²) in [5, 5.41) is 10.6. The highest BCUT2D eigenvalue weighted by Gasteiger charge is 2.25. The number of rotatable bonds is 12. The number of carbonyl (C=O) groups excluding carboxylic acids is 1. The van der Waals surface area contributed by atoms with Crippen molar-refractivity contribution in [2.24, 2.45) is 0 Å². The molecule has 0 aliphatic carbocycles. The first-order valence-corrected chi connectivity index (χ1v) is 12.3. The highest BCUT2D eigenvalue weighted by atomic mass is 32.2. The van der Waals surface area contributed by atoms with Crippen molar-refractivity contribution in [2.45, 2.75) is 24.2 Å². The Morgan fingerprint density at radius 1 is 1.03 bits per heavy atom. The van der Waals surface area contributed by atoms with Gasteiger partial charge in [-0.15, -0.1) is 0 Å². The topological polar surface area (TPSA) is 113 Å². The van der Waals surface area contributed by atoms with Gasteiger partial charge in [-0.1, -0.05) is 49.4 Å². The smallest absolute Gasteiger partial charge is 0.303 e. The molecule has 0 aromatic heterocycles. The van der Waals surface area contributed by atoms with Crippen molar-refractivity contribution in [3.8, 4) is 11.5 Å². The molecule has 8 nitrogen and oxygen atoms in total. The van der Waals surface area contributed by atoms with Crippen LogP contribution >= 0.6 is 0 Å². The van der Waals surface area contributed by atoms with Gasteiger partial charge in [0.05, 0.1) is 22.8 Å². The van der Waals surface area contributed by atoms with Crippen molar-refractivity contribution < 1.29 is 27.9 Å². The van der Waals surface area contributed by atoms with E-state index in [4.69, 9.17) is 4.74 Å². The Hall–Kier alpha value is -3.69. The van der Waals surface area contributed by atoms with Gasteiger partial charge in [0.1, 0.15) is 11.5 Å². The summed E-state index contributed by atoms with van der Waals surface area (Å²) in [6.45, 7) is 2.41. The van der Waals surface area contributed by atoms with Crippen LogP contribution in [-0.4, -0.2) is 38.2 Å². The standard InChI is InChI=1S/C25H26N2O6S/c1-2-26-27(18-28)21-10-6-11-22(15-21)33-23-12-7-13-24(16-23)34(31,32)17-20(14-25(29)30)19-8-4-3-5-9-19/h3-13,15-16,18,20,26H,2,14,17H2,1H3,(H,29,30).